The molecule has 0 radical (unpaired) electrons. The van der Waals surface area contributed by atoms with E-state index in [0.29, 0.717) is 26.1 Å². The number of esters is 2. The van der Waals surface area contributed by atoms with Crippen LogP contribution < -0.4 is 0 Å². The molecule has 0 N–H and O–H groups in total. The van der Waals surface area contributed by atoms with Crippen molar-refractivity contribution in [3.63, 3.8) is 0 Å². The van der Waals surface area contributed by atoms with Crippen molar-refractivity contribution in [1.29, 1.82) is 0 Å². The van der Waals surface area contributed by atoms with Gasteiger partial charge in [0.05, 0.1) is 24.0 Å². The quantitative estimate of drug-likeness (QED) is 0.703. The fraction of sp³-hybridized carbons (Fsp3) is 0.882. The summed E-state index contributed by atoms with van der Waals surface area (Å²) in [6.45, 7) is 12.5. The average Bonchev–Trinajstić information content (AvgIpc) is 2.71. The van der Waals surface area contributed by atoms with E-state index < -0.39 is 10.8 Å². The zero-order valence-electron chi connectivity index (χ0n) is 14.3. The summed E-state index contributed by atoms with van der Waals surface area (Å²) < 4.78 is 10.8. The van der Waals surface area contributed by atoms with E-state index >= 15 is 0 Å². The molecule has 21 heavy (non-hydrogen) atoms. The lowest BCUT2D eigenvalue weighted by molar-refractivity contribution is -0.176. The molecule has 1 aliphatic rings. The fourth-order valence-electron chi connectivity index (χ4n) is 2.81. The van der Waals surface area contributed by atoms with Crippen LogP contribution in [0.15, 0.2) is 0 Å². The Labute approximate surface area is 128 Å². The molecule has 122 valence electrons. The number of hydrogen-bond acceptors (Lipinski definition) is 4. The van der Waals surface area contributed by atoms with Crippen molar-refractivity contribution in [2.45, 2.75) is 60.8 Å². The largest absolute Gasteiger partial charge is 0.465 e. The number of ether oxygens (including phenoxy) is 2. The van der Waals surface area contributed by atoms with E-state index in [9.17, 15) is 9.59 Å². The predicted octanol–water partition coefficient (Wildman–Crippen LogP) is 3.58. The lowest BCUT2D eigenvalue weighted by Gasteiger charge is -2.37. The van der Waals surface area contributed by atoms with Crippen LogP contribution in [0.2, 0.25) is 0 Å². The van der Waals surface area contributed by atoms with Gasteiger partial charge in [0.1, 0.15) is 0 Å². The van der Waals surface area contributed by atoms with Gasteiger partial charge in [0.2, 0.25) is 0 Å². The summed E-state index contributed by atoms with van der Waals surface area (Å²) in [5.74, 6) is 0.0478. The molecule has 0 aliphatic heterocycles. The summed E-state index contributed by atoms with van der Waals surface area (Å²) >= 11 is 0. The maximum Gasteiger partial charge on any atom is 0.312 e. The highest BCUT2D eigenvalue weighted by molar-refractivity contribution is 5.88. The van der Waals surface area contributed by atoms with Crippen molar-refractivity contribution >= 4 is 11.9 Å². The average molecular weight is 298 g/mol. The molecule has 0 spiro atoms. The highest BCUT2D eigenvalue weighted by Gasteiger charge is 2.59. The van der Waals surface area contributed by atoms with Gasteiger partial charge in [-0.1, -0.05) is 34.1 Å². The molecule has 1 aliphatic carbocycles. The van der Waals surface area contributed by atoms with Crippen LogP contribution in [0.3, 0.4) is 0 Å². The van der Waals surface area contributed by atoms with E-state index in [2.05, 4.69) is 0 Å². The third-order valence-corrected chi connectivity index (χ3v) is 4.57. The van der Waals surface area contributed by atoms with Crippen molar-refractivity contribution in [2.75, 3.05) is 13.2 Å². The van der Waals surface area contributed by atoms with Crippen LogP contribution in [0.25, 0.3) is 0 Å². The van der Waals surface area contributed by atoms with Crippen molar-refractivity contribution in [2.24, 2.45) is 22.7 Å². The lowest BCUT2D eigenvalue weighted by atomic mass is 9.68. The summed E-state index contributed by atoms with van der Waals surface area (Å²) in [6, 6.07) is 0. The van der Waals surface area contributed by atoms with Crippen LogP contribution in [0.5, 0.6) is 0 Å². The molecule has 0 amide bonds. The van der Waals surface area contributed by atoms with Gasteiger partial charge in [-0.05, 0) is 38.5 Å². The number of carbonyl (C=O) groups is 2. The molecule has 0 aromatic heterocycles. The molecule has 0 aromatic rings. The van der Waals surface area contributed by atoms with Gasteiger partial charge in [0.25, 0.3) is 0 Å². The molecule has 0 saturated heterocycles. The van der Waals surface area contributed by atoms with Gasteiger partial charge in [-0.3, -0.25) is 9.59 Å². The maximum absolute atomic E-state index is 12.5. The fourth-order valence-corrected chi connectivity index (χ4v) is 2.81. The van der Waals surface area contributed by atoms with Gasteiger partial charge < -0.3 is 9.47 Å². The van der Waals surface area contributed by atoms with E-state index in [1.165, 1.54) is 0 Å². The van der Waals surface area contributed by atoms with Crippen LogP contribution in [-0.4, -0.2) is 25.2 Å². The zero-order valence-corrected chi connectivity index (χ0v) is 14.3. The highest BCUT2D eigenvalue weighted by atomic mass is 16.5. The van der Waals surface area contributed by atoms with E-state index in [-0.39, 0.29) is 23.8 Å². The molecular formula is C17H30O4. The molecule has 1 fully saturated rings. The van der Waals surface area contributed by atoms with Crippen molar-refractivity contribution < 1.29 is 19.1 Å². The van der Waals surface area contributed by atoms with Gasteiger partial charge in [-0.25, -0.2) is 0 Å². The minimum atomic E-state index is -0.782. The summed E-state index contributed by atoms with van der Waals surface area (Å²) in [4.78, 5) is 25.0. The topological polar surface area (TPSA) is 52.6 Å². The van der Waals surface area contributed by atoms with Crippen molar-refractivity contribution in [3.8, 4) is 0 Å². The number of rotatable bonds is 6. The first-order valence-corrected chi connectivity index (χ1v) is 7.98. The van der Waals surface area contributed by atoms with Gasteiger partial charge in [-0.2, -0.15) is 0 Å². The van der Waals surface area contributed by atoms with Crippen LogP contribution in [0.4, 0.5) is 0 Å². The first-order chi connectivity index (χ1) is 9.63. The normalized spacial score (nSPS) is 29.0. The Balaban J connectivity index is 2.83. The second kappa shape index (κ2) is 6.80. The van der Waals surface area contributed by atoms with Crippen LogP contribution in [0, 0.1) is 22.7 Å². The minimum absolute atomic E-state index is 0.266. The SMILES string of the molecule is CC(C)COC(=O)C1(C)CCCC1(C)C(=O)OCC(C)C. The summed E-state index contributed by atoms with van der Waals surface area (Å²) in [5, 5.41) is 0. The summed E-state index contributed by atoms with van der Waals surface area (Å²) in [5.41, 5.74) is -1.56. The molecule has 0 aromatic carbocycles. The Morgan fingerprint density at radius 3 is 1.48 bits per heavy atom. The van der Waals surface area contributed by atoms with Crippen LogP contribution in [0.1, 0.15) is 60.8 Å². The van der Waals surface area contributed by atoms with E-state index in [1.807, 2.05) is 41.5 Å². The van der Waals surface area contributed by atoms with Crippen LogP contribution in [-0.2, 0) is 19.1 Å². The molecule has 2 atom stereocenters. The molecule has 0 heterocycles. The molecule has 1 rings (SSSR count). The van der Waals surface area contributed by atoms with Crippen molar-refractivity contribution in [3.05, 3.63) is 0 Å². The highest BCUT2D eigenvalue weighted by Crippen LogP contribution is 2.54. The molecule has 1 saturated carbocycles. The minimum Gasteiger partial charge on any atom is -0.465 e. The van der Waals surface area contributed by atoms with Crippen molar-refractivity contribution in [1.82, 2.24) is 0 Å². The van der Waals surface area contributed by atoms with Crippen LogP contribution >= 0.6 is 0 Å². The monoisotopic (exact) mass is 298 g/mol. The Morgan fingerprint density at radius 2 is 1.19 bits per heavy atom. The Bertz CT molecular complexity index is 352. The first kappa shape index (κ1) is 18.0. The smallest absolute Gasteiger partial charge is 0.312 e. The summed E-state index contributed by atoms with van der Waals surface area (Å²) in [7, 11) is 0. The van der Waals surface area contributed by atoms with E-state index in [1.54, 1.807) is 0 Å². The number of hydrogen-bond donors (Lipinski definition) is 0. The van der Waals surface area contributed by atoms with E-state index in [4.69, 9.17) is 9.47 Å². The standard InChI is InChI=1S/C17H30O4/c1-12(2)10-20-14(18)16(5)8-7-9-17(16,6)15(19)21-11-13(3)4/h12-13H,7-11H2,1-6H3. The van der Waals surface area contributed by atoms with Gasteiger partial charge >= 0.3 is 11.9 Å². The Morgan fingerprint density at radius 1 is 0.857 bits per heavy atom. The molecule has 4 heteroatoms. The second-order valence-corrected chi connectivity index (χ2v) is 7.50. The van der Waals surface area contributed by atoms with Gasteiger partial charge in [0.15, 0.2) is 0 Å². The number of carbonyl (C=O) groups excluding carboxylic acids is 2. The van der Waals surface area contributed by atoms with Gasteiger partial charge in [0, 0.05) is 0 Å². The zero-order chi connectivity index (χ0) is 16.3. The molecule has 2 unspecified atom stereocenters. The summed E-state index contributed by atoms with van der Waals surface area (Å²) in [6.07, 6.45) is 2.20. The maximum atomic E-state index is 12.5. The lowest BCUT2D eigenvalue weighted by Crippen LogP contribution is -2.47. The van der Waals surface area contributed by atoms with E-state index in [0.717, 1.165) is 6.42 Å². The molecular weight excluding hydrogens is 268 g/mol. The third-order valence-electron chi connectivity index (χ3n) is 4.57. The third kappa shape index (κ3) is 3.78. The molecule has 4 nitrogen and oxygen atoms in total. The Kier molecular flexibility index (Phi) is 5.83. The molecule has 0 bridgehead atoms. The second-order valence-electron chi connectivity index (χ2n) is 7.50. The predicted molar refractivity (Wildman–Crippen MR) is 81.7 cm³/mol. The first-order valence-electron chi connectivity index (χ1n) is 7.98. The van der Waals surface area contributed by atoms with Gasteiger partial charge in [-0.15, -0.1) is 0 Å². The Hall–Kier alpha value is -1.06.